The van der Waals surface area contributed by atoms with E-state index in [1.54, 1.807) is 0 Å². The van der Waals surface area contributed by atoms with Gasteiger partial charge in [-0.25, -0.2) is 0 Å². The van der Waals surface area contributed by atoms with Crippen molar-refractivity contribution in [2.75, 3.05) is 0 Å². The van der Waals surface area contributed by atoms with Gasteiger partial charge in [0.15, 0.2) is 0 Å². The zero-order valence-electron chi connectivity index (χ0n) is 13.8. The van der Waals surface area contributed by atoms with E-state index in [9.17, 15) is 4.79 Å². The van der Waals surface area contributed by atoms with Crippen LogP contribution in [0.5, 0.6) is 0 Å². The smallest absolute Gasteiger partial charge is 0.132 e. The van der Waals surface area contributed by atoms with Crippen LogP contribution in [-0.4, -0.2) is 5.78 Å². The van der Waals surface area contributed by atoms with Crippen LogP contribution in [0.1, 0.15) is 63.1 Å². The van der Waals surface area contributed by atoms with Gasteiger partial charge in [-0.3, -0.25) is 4.79 Å². The molecule has 1 rings (SSSR count). The third kappa shape index (κ3) is 5.11. The maximum atomic E-state index is 11.9. The van der Waals surface area contributed by atoms with Crippen LogP contribution in [0.4, 0.5) is 0 Å². The molecule has 0 saturated carbocycles. The minimum absolute atomic E-state index is 0.409. The molecule has 1 aromatic carbocycles. The lowest BCUT2D eigenvalue weighted by Crippen LogP contribution is -2.20. The Kier molecular flexibility index (Phi) is 6.98. The minimum atomic E-state index is 0.409. The first-order chi connectivity index (χ1) is 9.49. The molecule has 20 heavy (non-hydrogen) atoms. The fraction of sp³-hybridized carbons (Fsp3) is 0.632. The maximum absolute atomic E-state index is 11.9. The van der Waals surface area contributed by atoms with Crippen LogP contribution in [0.3, 0.4) is 0 Å². The van der Waals surface area contributed by atoms with E-state index in [1.165, 1.54) is 29.5 Å². The summed E-state index contributed by atoms with van der Waals surface area (Å²) in [5.74, 6) is 1.57. The molecule has 1 nitrogen and oxygen atoms in total. The van der Waals surface area contributed by atoms with Crippen molar-refractivity contribution in [1.82, 2.24) is 0 Å². The lowest BCUT2D eigenvalue weighted by molar-refractivity contribution is -0.120. The van der Waals surface area contributed by atoms with Gasteiger partial charge < -0.3 is 0 Å². The van der Waals surface area contributed by atoms with Gasteiger partial charge in [0.2, 0.25) is 0 Å². The molecule has 0 amide bonds. The van der Waals surface area contributed by atoms with Crippen LogP contribution in [0.2, 0.25) is 0 Å². The SMILES string of the molecule is CCC(=O)CC(Cc1cc(C)cc(C)c1)C(CC)CC. The lowest BCUT2D eigenvalue weighted by atomic mass is 9.79. The second-order valence-electron chi connectivity index (χ2n) is 6.13. The first-order valence-corrected chi connectivity index (χ1v) is 8.08. The van der Waals surface area contributed by atoms with Crippen molar-refractivity contribution in [3.63, 3.8) is 0 Å². The number of rotatable bonds is 8. The van der Waals surface area contributed by atoms with Gasteiger partial charge in [0.05, 0.1) is 0 Å². The van der Waals surface area contributed by atoms with Crippen molar-refractivity contribution >= 4 is 5.78 Å². The molecule has 1 atom stereocenters. The van der Waals surface area contributed by atoms with Crippen molar-refractivity contribution in [2.45, 2.75) is 66.7 Å². The third-order valence-electron chi connectivity index (χ3n) is 4.38. The zero-order valence-corrected chi connectivity index (χ0v) is 13.8. The van der Waals surface area contributed by atoms with Crippen LogP contribution in [-0.2, 0) is 11.2 Å². The number of carbonyl (C=O) groups is 1. The number of benzene rings is 1. The molecule has 0 saturated heterocycles. The van der Waals surface area contributed by atoms with E-state index in [-0.39, 0.29) is 0 Å². The molecule has 0 fully saturated rings. The normalized spacial score (nSPS) is 12.7. The van der Waals surface area contributed by atoms with Crippen molar-refractivity contribution < 1.29 is 4.79 Å². The summed E-state index contributed by atoms with van der Waals surface area (Å²) in [6.07, 6.45) is 4.80. The molecule has 1 unspecified atom stereocenters. The quantitative estimate of drug-likeness (QED) is 0.631. The third-order valence-corrected chi connectivity index (χ3v) is 4.38. The van der Waals surface area contributed by atoms with Gasteiger partial charge >= 0.3 is 0 Å². The van der Waals surface area contributed by atoms with E-state index in [1.807, 2.05) is 6.92 Å². The fourth-order valence-corrected chi connectivity index (χ4v) is 3.29. The maximum Gasteiger partial charge on any atom is 0.132 e. The number of Topliss-reactive ketones (excluding diaryl/α,β-unsaturated/α-hetero) is 1. The largest absolute Gasteiger partial charge is 0.300 e. The monoisotopic (exact) mass is 274 g/mol. The summed E-state index contributed by atoms with van der Waals surface area (Å²) >= 11 is 0. The summed E-state index contributed by atoms with van der Waals surface area (Å²) in [5, 5.41) is 0. The Morgan fingerprint density at radius 3 is 1.95 bits per heavy atom. The first kappa shape index (κ1) is 16.9. The minimum Gasteiger partial charge on any atom is -0.300 e. The van der Waals surface area contributed by atoms with Gasteiger partial charge in [0, 0.05) is 12.8 Å². The lowest BCUT2D eigenvalue weighted by Gasteiger charge is -2.25. The highest BCUT2D eigenvalue weighted by atomic mass is 16.1. The number of ketones is 1. The van der Waals surface area contributed by atoms with Crippen LogP contribution in [0.25, 0.3) is 0 Å². The summed E-state index contributed by atoms with van der Waals surface area (Å²) in [4.78, 5) is 11.9. The van der Waals surface area contributed by atoms with Crippen molar-refractivity contribution in [1.29, 1.82) is 0 Å². The fourth-order valence-electron chi connectivity index (χ4n) is 3.29. The highest BCUT2D eigenvalue weighted by Crippen LogP contribution is 2.28. The molecule has 0 spiro atoms. The predicted molar refractivity (Wildman–Crippen MR) is 87.1 cm³/mol. The molecule has 112 valence electrons. The van der Waals surface area contributed by atoms with Gasteiger partial charge in [-0.2, -0.15) is 0 Å². The summed E-state index contributed by atoms with van der Waals surface area (Å²) in [6, 6.07) is 6.77. The summed E-state index contributed by atoms with van der Waals surface area (Å²) < 4.78 is 0. The van der Waals surface area contributed by atoms with E-state index in [0.717, 1.165) is 12.8 Å². The molecule has 0 aliphatic rings. The van der Waals surface area contributed by atoms with Crippen LogP contribution in [0, 0.1) is 25.7 Å². The number of hydrogen-bond donors (Lipinski definition) is 0. The van der Waals surface area contributed by atoms with Gasteiger partial charge in [-0.1, -0.05) is 62.9 Å². The molecule has 0 bridgehead atoms. The molecule has 0 heterocycles. The topological polar surface area (TPSA) is 17.1 Å². The van der Waals surface area contributed by atoms with Crippen molar-refractivity contribution in [2.24, 2.45) is 11.8 Å². The number of hydrogen-bond acceptors (Lipinski definition) is 1. The molecule has 0 aliphatic heterocycles. The summed E-state index contributed by atoms with van der Waals surface area (Å²) in [7, 11) is 0. The average Bonchev–Trinajstić information content (AvgIpc) is 2.38. The molecule has 0 aliphatic carbocycles. The van der Waals surface area contributed by atoms with Crippen molar-refractivity contribution in [3.05, 3.63) is 34.9 Å². The standard InChI is InChI=1S/C19H30O/c1-6-17(7-2)18(13-19(20)8-3)12-16-10-14(4)9-15(5)11-16/h9-11,17-18H,6-8,12-13H2,1-5H3. The van der Waals surface area contributed by atoms with Crippen molar-refractivity contribution in [3.8, 4) is 0 Å². The average molecular weight is 274 g/mol. The Morgan fingerprint density at radius 1 is 0.950 bits per heavy atom. The molecule has 0 radical (unpaired) electrons. The Bertz CT molecular complexity index is 409. The van der Waals surface area contributed by atoms with E-state index in [4.69, 9.17) is 0 Å². The number of aryl methyl sites for hydroxylation is 2. The van der Waals surface area contributed by atoms with E-state index >= 15 is 0 Å². The first-order valence-electron chi connectivity index (χ1n) is 8.08. The molecular weight excluding hydrogens is 244 g/mol. The van der Waals surface area contributed by atoms with Crippen LogP contribution in [0.15, 0.2) is 18.2 Å². The highest BCUT2D eigenvalue weighted by molar-refractivity contribution is 5.78. The molecule has 1 aromatic rings. The number of carbonyl (C=O) groups excluding carboxylic acids is 1. The summed E-state index contributed by atoms with van der Waals surface area (Å²) in [6.45, 7) is 10.8. The van der Waals surface area contributed by atoms with E-state index in [0.29, 0.717) is 24.0 Å². The predicted octanol–water partition coefficient (Wildman–Crippen LogP) is 5.27. The van der Waals surface area contributed by atoms with Crippen LogP contribution < -0.4 is 0 Å². The Labute approximate surface area is 124 Å². The summed E-state index contributed by atoms with van der Waals surface area (Å²) in [5.41, 5.74) is 4.04. The van der Waals surface area contributed by atoms with E-state index < -0.39 is 0 Å². The van der Waals surface area contributed by atoms with Crippen LogP contribution >= 0.6 is 0 Å². The van der Waals surface area contributed by atoms with Gasteiger partial charge in [-0.15, -0.1) is 0 Å². The van der Waals surface area contributed by atoms with Gasteiger partial charge in [0.25, 0.3) is 0 Å². The molecule has 1 heteroatoms. The molecule has 0 N–H and O–H groups in total. The Hall–Kier alpha value is -1.11. The van der Waals surface area contributed by atoms with E-state index in [2.05, 4.69) is 45.9 Å². The molecular formula is C19H30O. The second-order valence-corrected chi connectivity index (χ2v) is 6.13. The second kappa shape index (κ2) is 8.24. The molecule has 0 aromatic heterocycles. The van der Waals surface area contributed by atoms with Gasteiger partial charge in [0.1, 0.15) is 5.78 Å². The Morgan fingerprint density at radius 2 is 1.50 bits per heavy atom. The highest BCUT2D eigenvalue weighted by Gasteiger charge is 2.21. The van der Waals surface area contributed by atoms with Gasteiger partial charge in [-0.05, 0) is 37.7 Å². The Balaban J connectivity index is 2.89. The zero-order chi connectivity index (χ0) is 15.1.